The molecule has 3 N–H and O–H groups in total. The summed E-state index contributed by atoms with van der Waals surface area (Å²) in [7, 11) is 0. The number of thiophene rings is 1. The molecule has 5 aromatic rings. The van der Waals surface area contributed by atoms with Gasteiger partial charge in [-0.25, -0.2) is 0 Å². The Kier molecular flexibility index (Phi) is 10.7. The van der Waals surface area contributed by atoms with Gasteiger partial charge in [-0.2, -0.15) is 5.26 Å². The van der Waals surface area contributed by atoms with E-state index in [0.29, 0.717) is 32.4 Å². The van der Waals surface area contributed by atoms with Gasteiger partial charge in [-0.3, -0.25) is 14.4 Å². The lowest BCUT2D eigenvalue weighted by atomic mass is 10.1. The van der Waals surface area contributed by atoms with Gasteiger partial charge < -0.3 is 16.0 Å². The minimum absolute atomic E-state index is 0.00636. The minimum atomic E-state index is -0.548. The highest BCUT2D eigenvalue weighted by atomic mass is 35.5. The number of rotatable bonds is 10. The molecule has 46 heavy (non-hydrogen) atoms. The molecule has 5 rings (SSSR count). The lowest BCUT2D eigenvalue weighted by Crippen LogP contribution is -2.30. The Balaban J connectivity index is 1.28. The number of carbonyl (C=O) groups is 3. The van der Waals surface area contributed by atoms with Crippen molar-refractivity contribution in [3.63, 3.8) is 0 Å². The number of nitrogens with zero attached hydrogens (tertiary/aromatic N) is 1. The van der Waals surface area contributed by atoms with E-state index in [1.54, 1.807) is 79.7 Å². The average Bonchev–Trinajstić information content (AvgIpc) is 3.48. The van der Waals surface area contributed by atoms with Gasteiger partial charge in [-0.15, -0.1) is 23.1 Å². The molecule has 0 bridgehead atoms. The summed E-state index contributed by atoms with van der Waals surface area (Å²) in [6.07, 6.45) is 1.52. The second kappa shape index (κ2) is 15.2. The van der Waals surface area contributed by atoms with Crippen molar-refractivity contribution < 1.29 is 14.4 Å². The van der Waals surface area contributed by atoms with E-state index in [2.05, 4.69) is 22.0 Å². The zero-order chi connectivity index (χ0) is 32.5. The molecule has 0 fully saturated rings. The van der Waals surface area contributed by atoms with Gasteiger partial charge in [0.15, 0.2) is 0 Å². The van der Waals surface area contributed by atoms with E-state index >= 15 is 0 Å². The van der Waals surface area contributed by atoms with E-state index < -0.39 is 17.1 Å². The molecule has 7 nitrogen and oxygen atoms in total. The fourth-order valence-corrected chi connectivity index (χ4v) is 6.44. The fourth-order valence-electron chi connectivity index (χ4n) is 4.40. The van der Waals surface area contributed by atoms with Crippen molar-refractivity contribution in [2.75, 3.05) is 10.6 Å². The Hall–Kier alpha value is -5.14. The highest BCUT2D eigenvalue weighted by molar-refractivity contribution is 8.00. The molecule has 0 saturated carbocycles. The van der Waals surface area contributed by atoms with Crippen LogP contribution in [0.3, 0.4) is 0 Å². The molecule has 0 spiro atoms. The van der Waals surface area contributed by atoms with E-state index in [1.165, 1.54) is 29.2 Å². The Morgan fingerprint density at radius 1 is 0.891 bits per heavy atom. The normalized spacial score (nSPS) is 11.6. The second-order valence-corrected chi connectivity index (χ2v) is 12.7. The first-order valence-electron chi connectivity index (χ1n) is 14.1. The number of nitriles is 1. The zero-order valence-corrected chi connectivity index (χ0v) is 26.9. The molecule has 10 heteroatoms. The summed E-state index contributed by atoms with van der Waals surface area (Å²) in [5, 5.41) is 20.5. The molecule has 1 aromatic heterocycles. The smallest absolute Gasteiger partial charge is 0.272 e. The zero-order valence-electron chi connectivity index (χ0n) is 24.5. The Morgan fingerprint density at radius 3 is 2.30 bits per heavy atom. The predicted molar refractivity (Wildman–Crippen MR) is 187 cm³/mol. The summed E-state index contributed by atoms with van der Waals surface area (Å²) in [4.78, 5) is 40.3. The molecular weight excluding hydrogens is 636 g/mol. The number of hydrogen-bond acceptors (Lipinski definition) is 6. The van der Waals surface area contributed by atoms with Crippen LogP contribution >= 0.6 is 34.7 Å². The molecule has 0 radical (unpaired) electrons. The number of carbonyl (C=O) groups excluding carboxylic acids is 3. The Bertz CT molecular complexity index is 1950. The van der Waals surface area contributed by atoms with Gasteiger partial charge in [0.2, 0.25) is 5.91 Å². The van der Waals surface area contributed by atoms with Gasteiger partial charge in [0.25, 0.3) is 11.8 Å². The van der Waals surface area contributed by atoms with Crippen molar-refractivity contribution in [1.29, 1.82) is 5.26 Å². The summed E-state index contributed by atoms with van der Waals surface area (Å²) < 4.78 is 0. The number of amides is 3. The molecule has 1 heterocycles. The number of thioether (sulfide) groups is 1. The van der Waals surface area contributed by atoms with E-state index in [4.69, 9.17) is 11.6 Å². The van der Waals surface area contributed by atoms with Crippen molar-refractivity contribution >= 4 is 69.2 Å². The van der Waals surface area contributed by atoms with Gasteiger partial charge in [-0.1, -0.05) is 84.4 Å². The van der Waals surface area contributed by atoms with Crippen LogP contribution in [0.2, 0.25) is 5.02 Å². The quantitative estimate of drug-likeness (QED) is 0.103. The number of anilines is 2. The van der Waals surface area contributed by atoms with E-state index in [-0.39, 0.29) is 11.6 Å². The maximum absolute atomic E-state index is 13.5. The summed E-state index contributed by atoms with van der Waals surface area (Å²) in [6, 6.07) is 34.4. The Labute approximate surface area is 279 Å². The van der Waals surface area contributed by atoms with Crippen LogP contribution in [0.15, 0.2) is 125 Å². The van der Waals surface area contributed by atoms with Gasteiger partial charge in [0, 0.05) is 32.1 Å². The second-order valence-electron chi connectivity index (χ2n) is 9.96. The van der Waals surface area contributed by atoms with Gasteiger partial charge in [0.05, 0.1) is 10.8 Å². The van der Waals surface area contributed by atoms with Crippen LogP contribution in [0.25, 0.3) is 17.2 Å². The molecule has 0 aliphatic heterocycles. The summed E-state index contributed by atoms with van der Waals surface area (Å²) in [6.45, 7) is 1.77. The van der Waals surface area contributed by atoms with E-state index in [1.807, 2.05) is 41.8 Å². The monoisotopic (exact) mass is 662 g/mol. The lowest BCUT2D eigenvalue weighted by molar-refractivity contribution is -0.115. The first-order valence-corrected chi connectivity index (χ1v) is 16.2. The number of halogens is 1. The maximum Gasteiger partial charge on any atom is 0.272 e. The number of hydrogen-bond donors (Lipinski definition) is 3. The summed E-state index contributed by atoms with van der Waals surface area (Å²) >= 11 is 8.95. The van der Waals surface area contributed by atoms with Crippen molar-refractivity contribution in [1.82, 2.24) is 5.32 Å². The third-order valence-electron chi connectivity index (χ3n) is 6.73. The van der Waals surface area contributed by atoms with Crippen molar-refractivity contribution in [2.24, 2.45) is 0 Å². The minimum Gasteiger partial charge on any atom is -0.321 e. The van der Waals surface area contributed by atoms with Crippen LogP contribution in [0.4, 0.5) is 10.7 Å². The summed E-state index contributed by atoms with van der Waals surface area (Å²) in [5.41, 5.74) is 3.54. The van der Waals surface area contributed by atoms with Crippen LogP contribution in [0.1, 0.15) is 28.4 Å². The van der Waals surface area contributed by atoms with Crippen LogP contribution < -0.4 is 16.0 Å². The SMILES string of the molecule is CC(Sc1cccc(NC(=O)/C(=C\c2ccccc2Cl)NC(=O)c2ccccc2)c1)C(=O)Nc1scc(-c2ccccc2)c1C#N. The number of benzene rings is 4. The van der Waals surface area contributed by atoms with E-state index in [0.717, 1.165) is 16.0 Å². The standard InChI is InChI=1S/C36H27ClN4O3S2/c1-23(33(42)41-36-29(21-38)30(22-45-36)24-11-4-2-5-12-24)46-28-17-10-16-27(20-28)39-35(44)32(19-26-15-8-9-18-31(26)37)40-34(43)25-13-6-3-7-14-25/h2-20,22-23H,1H3,(H,39,44)(H,40,43)(H,41,42)/b32-19+. The average molecular weight is 663 g/mol. The highest BCUT2D eigenvalue weighted by Crippen LogP contribution is 2.36. The van der Waals surface area contributed by atoms with Crippen molar-refractivity contribution in [2.45, 2.75) is 17.1 Å². The molecule has 4 aromatic carbocycles. The summed E-state index contributed by atoms with van der Waals surface area (Å²) in [5.74, 6) is -1.25. The largest absolute Gasteiger partial charge is 0.321 e. The van der Waals surface area contributed by atoms with Crippen LogP contribution in [-0.2, 0) is 9.59 Å². The van der Waals surface area contributed by atoms with Crippen molar-refractivity contribution in [3.8, 4) is 17.2 Å². The molecule has 0 saturated heterocycles. The first kappa shape index (κ1) is 32.3. The molecular formula is C36H27ClN4O3S2. The van der Waals surface area contributed by atoms with Crippen LogP contribution in [0.5, 0.6) is 0 Å². The molecule has 1 atom stereocenters. The van der Waals surface area contributed by atoms with Crippen LogP contribution in [-0.4, -0.2) is 23.0 Å². The Morgan fingerprint density at radius 2 is 1.59 bits per heavy atom. The topological polar surface area (TPSA) is 111 Å². The third kappa shape index (κ3) is 8.11. The molecule has 228 valence electrons. The van der Waals surface area contributed by atoms with Gasteiger partial charge in [-0.05, 0) is 60.5 Å². The van der Waals surface area contributed by atoms with E-state index in [9.17, 15) is 19.6 Å². The van der Waals surface area contributed by atoms with Crippen LogP contribution in [0, 0.1) is 11.3 Å². The van der Waals surface area contributed by atoms with Gasteiger partial charge >= 0.3 is 0 Å². The molecule has 0 aliphatic carbocycles. The molecule has 1 unspecified atom stereocenters. The van der Waals surface area contributed by atoms with Gasteiger partial charge in [0.1, 0.15) is 16.8 Å². The van der Waals surface area contributed by atoms with Crippen molar-refractivity contribution in [3.05, 3.63) is 142 Å². The lowest BCUT2D eigenvalue weighted by Gasteiger charge is -2.14. The maximum atomic E-state index is 13.5. The predicted octanol–water partition coefficient (Wildman–Crippen LogP) is 8.47. The first-order chi connectivity index (χ1) is 22.3. The number of nitrogens with one attached hydrogen (secondary N) is 3. The molecule has 3 amide bonds. The molecule has 0 aliphatic rings. The highest BCUT2D eigenvalue weighted by Gasteiger charge is 2.20. The third-order valence-corrected chi connectivity index (χ3v) is 9.07. The fraction of sp³-hybridized carbons (Fsp3) is 0.0556.